The highest BCUT2D eigenvalue weighted by molar-refractivity contribution is 5.94. The molecule has 1 fully saturated rings. The van der Waals surface area contributed by atoms with E-state index >= 15 is 0 Å². The second-order valence-electron chi connectivity index (χ2n) is 7.18. The van der Waals surface area contributed by atoms with E-state index in [1.165, 1.54) is 24.9 Å². The van der Waals surface area contributed by atoms with Gasteiger partial charge < -0.3 is 10.2 Å². The second-order valence-corrected chi connectivity index (χ2v) is 7.18. The van der Waals surface area contributed by atoms with Crippen molar-refractivity contribution in [3.63, 3.8) is 0 Å². The zero-order valence-electron chi connectivity index (χ0n) is 16.2. The average molecular weight is 418 g/mol. The van der Waals surface area contributed by atoms with E-state index in [2.05, 4.69) is 25.3 Å². The maximum absolute atomic E-state index is 12.8. The Balaban J connectivity index is 1.43. The molecule has 4 rings (SSSR count). The van der Waals surface area contributed by atoms with E-state index in [9.17, 15) is 18.0 Å². The van der Waals surface area contributed by atoms with Crippen LogP contribution in [0.25, 0.3) is 11.0 Å². The van der Waals surface area contributed by atoms with Crippen LogP contribution in [0.1, 0.15) is 35.2 Å². The molecule has 1 N–H and O–H groups in total. The largest absolute Gasteiger partial charge is 0.416 e. The minimum absolute atomic E-state index is 0.0372. The Labute approximate surface area is 170 Å². The van der Waals surface area contributed by atoms with E-state index in [4.69, 9.17) is 0 Å². The number of fused-ring (bicyclic) bond motifs is 1. The van der Waals surface area contributed by atoms with Crippen molar-refractivity contribution in [2.24, 2.45) is 0 Å². The highest BCUT2D eigenvalue weighted by atomic mass is 19.4. The number of hydrogen-bond donors (Lipinski definition) is 1. The molecule has 1 aliphatic rings. The van der Waals surface area contributed by atoms with Crippen LogP contribution >= 0.6 is 0 Å². The van der Waals surface area contributed by atoms with Crippen molar-refractivity contribution in [3.05, 3.63) is 47.9 Å². The molecule has 3 aromatic rings. The van der Waals surface area contributed by atoms with Gasteiger partial charge in [0.2, 0.25) is 0 Å². The molecule has 158 valence electrons. The van der Waals surface area contributed by atoms with Gasteiger partial charge in [0.25, 0.3) is 5.91 Å². The SMILES string of the molecule is O=C(NCCn1ncc2c(N3CCCCC3)ncnc21)c1cccc(C(F)(F)F)c1. The summed E-state index contributed by atoms with van der Waals surface area (Å²) in [4.78, 5) is 23.2. The Hall–Kier alpha value is -3.17. The van der Waals surface area contributed by atoms with E-state index in [1.54, 1.807) is 10.9 Å². The highest BCUT2D eigenvalue weighted by Gasteiger charge is 2.30. The number of halogens is 3. The van der Waals surface area contributed by atoms with Crippen molar-refractivity contribution in [1.29, 1.82) is 0 Å². The molecule has 1 saturated heterocycles. The van der Waals surface area contributed by atoms with Crippen molar-refractivity contribution in [2.45, 2.75) is 32.0 Å². The van der Waals surface area contributed by atoms with Crippen LogP contribution in [0.2, 0.25) is 0 Å². The number of alkyl halides is 3. The molecule has 0 spiro atoms. The number of aromatic nitrogens is 4. The summed E-state index contributed by atoms with van der Waals surface area (Å²) in [5.41, 5.74) is -0.223. The van der Waals surface area contributed by atoms with Gasteiger partial charge in [-0.25, -0.2) is 14.6 Å². The molecular weight excluding hydrogens is 397 g/mol. The van der Waals surface area contributed by atoms with Gasteiger partial charge in [-0.15, -0.1) is 0 Å². The van der Waals surface area contributed by atoms with Gasteiger partial charge in [-0.3, -0.25) is 4.79 Å². The fourth-order valence-corrected chi connectivity index (χ4v) is 3.62. The molecule has 10 heteroatoms. The van der Waals surface area contributed by atoms with Crippen molar-refractivity contribution in [1.82, 2.24) is 25.1 Å². The molecule has 2 aromatic heterocycles. The predicted octanol–water partition coefficient (Wildman–Crippen LogP) is 3.27. The van der Waals surface area contributed by atoms with Gasteiger partial charge in [-0.1, -0.05) is 6.07 Å². The third-order valence-electron chi connectivity index (χ3n) is 5.13. The molecule has 7 nitrogen and oxygen atoms in total. The molecule has 30 heavy (non-hydrogen) atoms. The number of piperidine rings is 1. The van der Waals surface area contributed by atoms with Gasteiger partial charge >= 0.3 is 6.18 Å². The summed E-state index contributed by atoms with van der Waals surface area (Å²) in [7, 11) is 0. The molecule has 1 aromatic carbocycles. The lowest BCUT2D eigenvalue weighted by atomic mass is 10.1. The first-order chi connectivity index (χ1) is 14.4. The van der Waals surface area contributed by atoms with Gasteiger partial charge in [0.1, 0.15) is 12.1 Å². The number of benzene rings is 1. The normalized spacial score (nSPS) is 14.8. The summed E-state index contributed by atoms with van der Waals surface area (Å²) in [5, 5.41) is 7.84. The molecule has 0 radical (unpaired) electrons. The number of nitrogens with zero attached hydrogens (tertiary/aromatic N) is 5. The minimum atomic E-state index is -4.49. The first-order valence-electron chi connectivity index (χ1n) is 9.80. The second kappa shape index (κ2) is 8.29. The zero-order valence-corrected chi connectivity index (χ0v) is 16.2. The summed E-state index contributed by atoms with van der Waals surface area (Å²) >= 11 is 0. The van der Waals surface area contributed by atoms with E-state index < -0.39 is 17.6 Å². The Morgan fingerprint density at radius 1 is 1.13 bits per heavy atom. The number of carbonyl (C=O) groups is 1. The average Bonchev–Trinajstić information content (AvgIpc) is 3.17. The first kappa shape index (κ1) is 20.1. The van der Waals surface area contributed by atoms with Crippen LogP contribution in [-0.4, -0.2) is 45.3 Å². The molecule has 3 heterocycles. The fraction of sp³-hybridized carbons (Fsp3) is 0.400. The molecule has 0 saturated carbocycles. The molecule has 0 unspecified atom stereocenters. The van der Waals surface area contributed by atoms with Crippen LogP contribution in [0.3, 0.4) is 0 Å². The lowest BCUT2D eigenvalue weighted by Gasteiger charge is -2.27. The van der Waals surface area contributed by atoms with Crippen LogP contribution in [0.15, 0.2) is 36.8 Å². The van der Waals surface area contributed by atoms with Crippen LogP contribution in [0, 0.1) is 0 Å². The number of nitrogens with one attached hydrogen (secondary N) is 1. The van der Waals surface area contributed by atoms with Crippen LogP contribution < -0.4 is 10.2 Å². The monoisotopic (exact) mass is 418 g/mol. The quantitative estimate of drug-likeness (QED) is 0.688. The predicted molar refractivity (Wildman–Crippen MR) is 105 cm³/mol. The third kappa shape index (κ3) is 4.22. The van der Waals surface area contributed by atoms with Crippen LogP contribution in [-0.2, 0) is 12.7 Å². The van der Waals surface area contributed by atoms with E-state index in [-0.39, 0.29) is 12.1 Å². The molecular formula is C20H21F3N6O. The third-order valence-corrected chi connectivity index (χ3v) is 5.13. The van der Waals surface area contributed by atoms with Crippen LogP contribution in [0.5, 0.6) is 0 Å². The maximum Gasteiger partial charge on any atom is 0.416 e. The molecule has 0 aliphatic carbocycles. The summed E-state index contributed by atoms with van der Waals surface area (Å²) in [6.07, 6.45) is 2.20. The summed E-state index contributed by atoms with van der Waals surface area (Å²) < 4.78 is 40.1. The molecule has 1 amide bonds. The van der Waals surface area contributed by atoms with Gasteiger partial charge in [0.05, 0.1) is 23.7 Å². The Bertz CT molecular complexity index is 1040. The number of rotatable bonds is 5. The Kier molecular flexibility index (Phi) is 5.56. The van der Waals surface area contributed by atoms with Crippen molar-refractivity contribution in [2.75, 3.05) is 24.5 Å². The first-order valence-corrected chi connectivity index (χ1v) is 9.80. The fourth-order valence-electron chi connectivity index (χ4n) is 3.62. The standard InChI is InChI=1S/C20H21F3N6O/c21-20(22,23)15-6-4-5-14(11-15)19(30)24-7-10-29-18-16(12-27-29)17(25-13-26-18)28-8-2-1-3-9-28/h4-6,11-13H,1-3,7-10H2,(H,24,30). The zero-order chi connectivity index (χ0) is 21.1. The Morgan fingerprint density at radius 2 is 1.93 bits per heavy atom. The number of amides is 1. The van der Waals surface area contributed by atoms with E-state index in [0.717, 1.165) is 49.3 Å². The summed E-state index contributed by atoms with van der Waals surface area (Å²) in [6, 6.07) is 4.35. The summed E-state index contributed by atoms with van der Waals surface area (Å²) in [5.74, 6) is 0.292. The molecule has 0 bridgehead atoms. The smallest absolute Gasteiger partial charge is 0.356 e. The minimum Gasteiger partial charge on any atom is -0.356 e. The number of carbonyl (C=O) groups excluding carboxylic acids is 1. The number of anilines is 1. The van der Waals surface area contributed by atoms with E-state index in [1.807, 2.05) is 0 Å². The Morgan fingerprint density at radius 3 is 2.70 bits per heavy atom. The van der Waals surface area contributed by atoms with Gasteiger partial charge in [-0.05, 0) is 37.5 Å². The van der Waals surface area contributed by atoms with Gasteiger partial charge in [-0.2, -0.15) is 18.3 Å². The van der Waals surface area contributed by atoms with Gasteiger partial charge in [0.15, 0.2) is 5.65 Å². The topological polar surface area (TPSA) is 75.9 Å². The van der Waals surface area contributed by atoms with Crippen molar-refractivity contribution in [3.8, 4) is 0 Å². The van der Waals surface area contributed by atoms with Gasteiger partial charge in [0, 0.05) is 25.2 Å². The lowest BCUT2D eigenvalue weighted by Crippen LogP contribution is -2.30. The summed E-state index contributed by atoms with van der Waals surface area (Å²) in [6.45, 7) is 2.44. The molecule has 0 atom stereocenters. The van der Waals surface area contributed by atoms with Crippen LogP contribution in [0.4, 0.5) is 19.0 Å². The van der Waals surface area contributed by atoms with Crippen molar-refractivity contribution >= 4 is 22.8 Å². The maximum atomic E-state index is 12.8. The van der Waals surface area contributed by atoms with Crippen molar-refractivity contribution < 1.29 is 18.0 Å². The highest BCUT2D eigenvalue weighted by Crippen LogP contribution is 2.29. The lowest BCUT2D eigenvalue weighted by molar-refractivity contribution is -0.137. The number of hydrogen-bond acceptors (Lipinski definition) is 5. The van der Waals surface area contributed by atoms with E-state index in [0.29, 0.717) is 12.2 Å². The molecule has 1 aliphatic heterocycles.